The van der Waals surface area contributed by atoms with E-state index in [1.165, 1.54) is 0 Å². The molecule has 0 aliphatic rings. The summed E-state index contributed by atoms with van der Waals surface area (Å²) in [6.07, 6.45) is 6.25. The summed E-state index contributed by atoms with van der Waals surface area (Å²) in [4.78, 5) is 0. The van der Waals surface area contributed by atoms with E-state index in [1.807, 2.05) is 18.2 Å². The van der Waals surface area contributed by atoms with E-state index in [-0.39, 0.29) is 0 Å². The third-order valence-electron chi connectivity index (χ3n) is 1.97. The minimum absolute atomic E-state index is 0.531. The van der Waals surface area contributed by atoms with Crippen LogP contribution in [-0.2, 0) is 0 Å². The second-order valence-corrected chi connectivity index (χ2v) is 3.23. The van der Waals surface area contributed by atoms with Crippen molar-refractivity contribution in [3.8, 4) is 0 Å². The number of unbranched alkanes of at least 4 members (excludes halogenated alkanes) is 1. The second-order valence-electron chi connectivity index (χ2n) is 3.23. The molecule has 2 N–H and O–H groups in total. The standard InChI is InChI=1S/C11H15BO2/c1-2-3-4-6-10-7-5-8-11(9-10)12(13)14/h4-9,13-14H,2-3H2,1H3/b6-4+. The molecule has 0 spiro atoms. The van der Waals surface area contributed by atoms with Crippen molar-refractivity contribution in [3.05, 3.63) is 35.9 Å². The summed E-state index contributed by atoms with van der Waals surface area (Å²) in [7, 11) is -1.38. The molecule has 0 saturated heterocycles. The van der Waals surface area contributed by atoms with Crippen LogP contribution in [-0.4, -0.2) is 17.2 Å². The predicted octanol–water partition coefficient (Wildman–Crippen LogP) is 1.18. The van der Waals surface area contributed by atoms with Gasteiger partial charge in [-0.25, -0.2) is 0 Å². The fraction of sp³-hybridized carbons (Fsp3) is 0.273. The van der Waals surface area contributed by atoms with Gasteiger partial charge in [-0.3, -0.25) is 0 Å². The first-order valence-electron chi connectivity index (χ1n) is 4.86. The Hall–Kier alpha value is -1.06. The van der Waals surface area contributed by atoms with Gasteiger partial charge in [0, 0.05) is 0 Å². The molecular formula is C11H15BO2. The van der Waals surface area contributed by atoms with E-state index in [0.717, 1.165) is 18.4 Å². The predicted molar refractivity (Wildman–Crippen MR) is 60.2 cm³/mol. The van der Waals surface area contributed by atoms with E-state index < -0.39 is 7.12 Å². The van der Waals surface area contributed by atoms with Crippen molar-refractivity contribution < 1.29 is 10.0 Å². The summed E-state index contributed by atoms with van der Waals surface area (Å²) in [6.45, 7) is 2.12. The van der Waals surface area contributed by atoms with Crippen LogP contribution in [0.5, 0.6) is 0 Å². The van der Waals surface area contributed by atoms with Gasteiger partial charge in [0.15, 0.2) is 0 Å². The second kappa shape index (κ2) is 5.63. The average Bonchev–Trinajstić information content (AvgIpc) is 2.19. The highest BCUT2D eigenvalue weighted by atomic mass is 16.4. The lowest BCUT2D eigenvalue weighted by Gasteiger charge is -2.00. The zero-order valence-electron chi connectivity index (χ0n) is 8.35. The SMILES string of the molecule is CCC/C=C/c1cccc(B(O)O)c1. The van der Waals surface area contributed by atoms with Gasteiger partial charge in [0.1, 0.15) is 0 Å². The van der Waals surface area contributed by atoms with Crippen LogP contribution in [0.1, 0.15) is 25.3 Å². The molecule has 74 valence electrons. The van der Waals surface area contributed by atoms with Crippen molar-refractivity contribution in [2.45, 2.75) is 19.8 Å². The van der Waals surface area contributed by atoms with Gasteiger partial charge in [-0.1, -0.05) is 49.8 Å². The molecule has 0 bridgehead atoms. The Morgan fingerprint density at radius 2 is 2.14 bits per heavy atom. The van der Waals surface area contributed by atoms with E-state index >= 15 is 0 Å². The molecule has 0 aromatic heterocycles. The minimum atomic E-state index is -1.38. The van der Waals surface area contributed by atoms with Gasteiger partial charge in [0.2, 0.25) is 0 Å². The van der Waals surface area contributed by atoms with Gasteiger partial charge >= 0.3 is 7.12 Å². The fourth-order valence-electron chi connectivity index (χ4n) is 1.21. The van der Waals surface area contributed by atoms with Crippen LogP contribution in [0.25, 0.3) is 6.08 Å². The van der Waals surface area contributed by atoms with Crippen LogP contribution < -0.4 is 5.46 Å². The molecular weight excluding hydrogens is 175 g/mol. The highest BCUT2D eigenvalue weighted by molar-refractivity contribution is 6.58. The largest absolute Gasteiger partial charge is 0.488 e. The van der Waals surface area contributed by atoms with Crippen molar-refractivity contribution in [2.75, 3.05) is 0 Å². The minimum Gasteiger partial charge on any atom is -0.423 e. The van der Waals surface area contributed by atoms with Crippen molar-refractivity contribution in [2.24, 2.45) is 0 Å². The number of hydrogen-bond donors (Lipinski definition) is 2. The fourth-order valence-corrected chi connectivity index (χ4v) is 1.21. The maximum Gasteiger partial charge on any atom is 0.488 e. The Morgan fingerprint density at radius 3 is 2.79 bits per heavy atom. The van der Waals surface area contributed by atoms with Crippen LogP contribution in [0, 0.1) is 0 Å². The molecule has 3 heteroatoms. The molecule has 1 rings (SSSR count). The first kappa shape index (κ1) is 11.0. The molecule has 0 heterocycles. The molecule has 0 amide bonds. The number of hydrogen-bond acceptors (Lipinski definition) is 2. The van der Waals surface area contributed by atoms with E-state index in [2.05, 4.69) is 13.0 Å². The van der Waals surface area contributed by atoms with E-state index in [0.29, 0.717) is 5.46 Å². The quantitative estimate of drug-likeness (QED) is 0.700. The van der Waals surface area contributed by atoms with Gasteiger partial charge in [0.25, 0.3) is 0 Å². The van der Waals surface area contributed by atoms with Crippen LogP contribution in [0.3, 0.4) is 0 Å². The molecule has 0 aliphatic carbocycles. The highest BCUT2D eigenvalue weighted by Gasteiger charge is 2.09. The lowest BCUT2D eigenvalue weighted by atomic mass is 9.79. The molecule has 0 fully saturated rings. The Kier molecular flexibility index (Phi) is 4.43. The third-order valence-corrected chi connectivity index (χ3v) is 1.97. The highest BCUT2D eigenvalue weighted by Crippen LogP contribution is 2.02. The lowest BCUT2D eigenvalue weighted by Crippen LogP contribution is -2.29. The topological polar surface area (TPSA) is 40.5 Å². The molecule has 0 unspecified atom stereocenters. The maximum absolute atomic E-state index is 8.95. The summed E-state index contributed by atoms with van der Waals surface area (Å²) in [5.41, 5.74) is 1.53. The first-order chi connectivity index (χ1) is 6.74. The number of rotatable bonds is 4. The summed E-state index contributed by atoms with van der Waals surface area (Å²) in [6, 6.07) is 7.23. The molecule has 14 heavy (non-hydrogen) atoms. The maximum atomic E-state index is 8.95. The summed E-state index contributed by atoms with van der Waals surface area (Å²) in [5, 5.41) is 17.9. The monoisotopic (exact) mass is 190 g/mol. The van der Waals surface area contributed by atoms with Crippen LogP contribution in [0.4, 0.5) is 0 Å². The van der Waals surface area contributed by atoms with Gasteiger partial charge in [0.05, 0.1) is 0 Å². The Morgan fingerprint density at radius 1 is 1.36 bits per heavy atom. The normalized spacial score (nSPS) is 10.8. The molecule has 1 aromatic rings. The first-order valence-corrected chi connectivity index (χ1v) is 4.86. The summed E-state index contributed by atoms with van der Waals surface area (Å²) in [5.74, 6) is 0. The molecule has 0 saturated carbocycles. The summed E-state index contributed by atoms with van der Waals surface area (Å²) >= 11 is 0. The van der Waals surface area contributed by atoms with Crippen molar-refractivity contribution in [3.63, 3.8) is 0 Å². The van der Waals surface area contributed by atoms with Gasteiger partial charge < -0.3 is 10.0 Å². The van der Waals surface area contributed by atoms with Gasteiger partial charge in [-0.05, 0) is 17.4 Å². The van der Waals surface area contributed by atoms with E-state index in [1.54, 1.807) is 12.1 Å². The zero-order chi connectivity index (χ0) is 10.4. The van der Waals surface area contributed by atoms with Crippen LogP contribution in [0.15, 0.2) is 30.3 Å². The van der Waals surface area contributed by atoms with E-state index in [4.69, 9.17) is 10.0 Å². The molecule has 0 radical (unpaired) electrons. The van der Waals surface area contributed by atoms with Crippen molar-refractivity contribution in [1.82, 2.24) is 0 Å². The third kappa shape index (κ3) is 3.36. The summed E-state index contributed by atoms with van der Waals surface area (Å²) < 4.78 is 0. The lowest BCUT2D eigenvalue weighted by molar-refractivity contribution is 0.426. The molecule has 0 aliphatic heterocycles. The number of allylic oxidation sites excluding steroid dienone is 1. The van der Waals surface area contributed by atoms with Crippen LogP contribution >= 0.6 is 0 Å². The van der Waals surface area contributed by atoms with Gasteiger partial charge in [-0.2, -0.15) is 0 Å². The van der Waals surface area contributed by atoms with Crippen molar-refractivity contribution in [1.29, 1.82) is 0 Å². The number of benzene rings is 1. The zero-order valence-corrected chi connectivity index (χ0v) is 8.35. The Balaban J connectivity index is 2.73. The van der Waals surface area contributed by atoms with Crippen molar-refractivity contribution >= 4 is 18.7 Å². The Labute approximate surface area is 85.0 Å². The molecule has 2 nitrogen and oxygen atoms in total. The van der Waals surface area contributed by atoms with Gasteiger partial charge in [-0.15, -0.1) is 0 Å². The Bertz CT molecular complexity index is 308. The van der Waals surface area contributed by atoms with Crippen LogP contribution in [0.2, 0.25) is 0 Å². The molecule has 1 aromatic carbocycles. The smallest absolute Gasteiger partial charge is 0.423 e. The van der Waals surface area contributed by atoms with E-state index in [9.17, 15) is 0 Å². The average molecular weight is 190 g/mol. The molecule has 0 atom stereocenters.